The summed E-state index contributed by atoms with van der Waals surface area (Å²) in [5, 5.41) is 11.4. The van der Waals surface area contributed by atoms with E-state index in [4.69, 9.17) is 0 Å². The molecule has 0 aliphatic carbocycles. The van der Waals surface area contributed by atoms with Crippen LogP contribution in [0.4, 0.5) is 10.1 Å². The van der Waals surface area contributed by atoms with Gasteiger partial charge in [-0.3, -0.25) is 9.59 Å². The molecule has 1 unspecified atom stereocenters. The van der Waals surface area contributed by atoms with E-state index >= 15 is 0 Å². The smallest absolute Gasteiger partial charge is 0.264 e. The molecule has 30 heavy (non-hydrogen) atoms. The van der Waals surface area contributed by atoms with Gasteiger partial charge in [-0.1, -0.05) is 54.1 Å². The molecule has 0 saturated carbocycles. The molecule has 0 aromatic heterocycles. The van der Waals surface area contributed by atoms with Crippen molar-refractivity contribution < 1.29 is 19.1 Å². The Morgan fingerprint density at radius 2 is 1.73 bits per heavy atom. The summed E-state index contributed by atoms with van der Waals surface area (Å²) >= 11 is 0. The van der Waals surface area contributed by atoms with E-state index in [2.05, 4.69) is 0 Å². The number of anilines is 1. The second kappa shape index (κ2) is 7.50. The SMILES string of the molecule is Cc1ccc(C)c(C(=O)CC2(O)C(=O)N(Cc3ccccc3F)c3ccccc32)c1. The Bertz CT molecular complexity index is 1160. The van der Waals surface area contributed by atoms with Crippen LogP contribution in [0.15, 0.2) is 66.7 Å². The number of benzene rings is 3. The van der Waals surface area contributed by atoms with Gasteiger partial charge >= 0.3 is 0 Å². The molecule has 0 radical (unpaired) electrons. The number of amides is 1. The lowest BCUT2D eigenvalue weighted by atomic mass is 9.87. The second-order valence-electron chi connectivity index (χ2n) is 7.78. The summed E-state index contributed by atoms with van der Waals surface area (Å²) in [7, 11) is 0. The number of aliphatic hydroxyl groups is 1. The molecule has 0 spiro atoms. The maximum absolute atomic E-state index is 14.2. The van der Waals surface area contributed by atoms with Crippen molar-refractivity contribution in [3.8, 4) is 0 Å². The zero-order valence-corrected chi connectivity index (χ0v) is 16.9. The van der Waals surface area contributed by atoms with E-state index in [1.807, 2.05) is 26.0 Å². The largest absolute Gasteiger partial charge is 0.375 e. The molecule has 5 heteroatoms. The summed E-state index contributed by atoms with van der Waals surface area (Å²) in [5.41, 5.74) is 1.40. The number of rotatable bonds is 5. The summed E-state index contributed by atoms with van der Waals surface area (Å²) < 4.78 is 14.2. The molecular formula is C25H22FNO3. The highest BCUT2D eigenvalue weighted by Gasteiger charge is 2.50. The fourth-order valence-corrected chi connectivity index (χ4v) is 4.00. The lowest BCUT2D eigenvalue weighted by molar-refractivity contribution is -0.136. The molecule has 0 saturated heterocycles. The number of hydrogen-bond acceptors (Lipinski definition) is 3. The lowest BCUT2D eigenvalue weighted by Crippen LogP contribution is -2.41. The number of Topliss-reactive ketones (excluding diaryl/α,β-unsaturated/α-hetero) is 1. The zero-order chi connectivity index (χ0) is 21.5. The molecular weight excluding hydrogens is 381 g/mol. The molecule has 0 fully saturated rings. The summed E-state index contributed by atoms with van der Waals surface area (Å²) in [6.45, 7) is 3.69. The molecule has 1 N–H and O–H groups in total. The van der Waals surface area contributed by atoms with Crippen LogP contribution in [0.1, 0.15) is 39.0 Å². The summed E-state index contributed by atoms with van der Waals surface area (Å²) in [4.78, 5) is 27.7. The second-order valence-corrected chi connectivity index (χ2v) is 7.78. The third kappa shape index (κ3) is 3.31. The first-order chi connectivity index (χ1) is 14.3. The van der Waals surface area contributed by atoms with Gasteiger partial charge in [0.05, 0.1) is 18.7 Å². The van der Waals surface area contributed by atoms with Crippen molar-refractivity contribution in [3.63, 3.8) is 0 Å². The van der Waals surface area contributed by atoms with E-state index in [1.54, 1.807) is 48.5 Å². The van der Waals surface area contributed by atoms with Crippen LogP contribution in [-0.2, 0) is 16.9 Å². The number of ketones is 1. The third-order valence-electron chi connectivity index (χ3n) is 5.64. The molecule has 4 rings (SSSR count). The predicted octanol–water partition coefficient (Wildman–Crippen LogP) is 4.45. The number of halogens is 1. The molecule has 1 aliphatic rings. The van der Waals surface area contributed by atoms with Crippen LogP contribution in [0.5, 0.6) is 0 Å². The molecule has 0 bridgehead atoms. The Hall–Kier alpha value is -3.31. The quantitative estimate of drug-likeness (QED) is 0.641. The maximum atomic E-state index is 14.2. The number of carbonyl (C=O) groups is 2. The highest BCUT2D eigenvalue weighted by atomic mass is 19.1. The van der Waals surface area contributed by atoms with E-state index in [9.17, 15) is 19.1 Å². The van der Waals surface area contributed by atoms with E-state index in [0.717, 1.165) is 11.1 Å². The number of carbonyl (C=O) groups excluding carboxylic acids is 2. The number of aryl methyl sites for hydroxylation is 2. The lowest BCUT2D eigenvalue weighted by Gasteiger charge is -2.23. The molecule has 1 amide bonds. The van der Waals surface area contributed by atoms with Gasteiger partial charge in [0.2, 0.25) is 0 Å². The monoisotopic (exact) mass is 403 g/mol. The van der Waals surface area contributed by atoms with E-state index in [0.29, 0.717) is 22.4 Å². The fraction of sp³-hybridized carbons (Fsp3) is 0.200. The standard InChI is InChI=1S/C25H22FNO3/c1-16-11-12-17(2)19(13-16)23(28)14-25(30)20-8-4-6-10-22(20)27(24(25)29)15-18-7-3-5-9-21(18)26/h3-13,30H,14-15H2,1-2H3. The minimum Gasteiger partial charge on any atom is -0.375 e. The fourth-order valence-electron chi connectivity index (χ4n) is 4.00. The predicted molar refractivity (Wildman–Crippen MR) is 113 cm³/mol. The van der Waals surface area contributed by atoms with Crippen molar-refractivity contribution in [3.05, 3.63) is 100 Å². The number of para-hydroxylation sites is 1. The normalized spacial score (nSPS) is 17.9. The Kier molecular flexibility index (Phi) is 5.00. The van der Waals surface area contributed by atoms with Crippen LogP contribution in [-0.4, -0.2) is 16.8 Å². The van der Waals surface area contributed by atoms with E-state index in [-0.39, 0.29) is 18.7 Å². The van der Waals surface area contributed by atoms with Crippen LogP contribution >= 0.6 is 0 Å². The first-order valence-electron chi connectivity index (χ1n) is 9.79. The van der Waals surface area contributed by atoms with Crippen molar-refractivity contribution in [2.24, 2.45) is 0 Å². The minimum atomic E-state index is -1.99. The van der Waals surface area contributed by atoms with Gasteiger partial charge < -0.3 is 10.0 Å². The van der Waals surface area contributed by atoms with Crippen molar-refractivity contribution in [1.82, 2.24) is 0 Å². The van der Waals surface area contributed by atoms with E-state index < -0.39 is 17.3 Å². The van der Waals surface area contributed by atoms with Crippen LogP contribution in [0.3, 0.4) is 0 Å². The van der Waals surface area contributed by atoms with Gasteiger partial charge in [-0.2, -0.15) is 0 Å². The first kappa shape index (κ1) is 20.0. The highest BCUT2D eigenvalue weighted by Crippen LogP contribution is 2.43. The van der Waals surface area contributed by atoms with Gasteiger partial charge in [-0.05, 0) is 37.6 Å². The molecule has 4 nitrogen and oxygen atoms in total. The highest BCUT2D eigenvalue weighted by molar-refractivity contribution is 6.11. The maximum Gasteiger partial charge on any atom is 0.264 e. The van der Waals surface area contributed by atoms with Crippen molar-refractivity contribution in [2.45, 2.75) is 32.4 Å². The van der Waals surface area contributed by atoms with E-state index in [1.165, 1.54) is 11.0 Å². The van der Waals surface area contributed by atoms with Crippen LogP contribution in [0.25, 0.3) is 0 Å². The van der Waals surface area contributed by atoms with Crippen molar-refractivity contribution in [1.29, 1.82) is 0 Å². The van der Waals surface area contributed by atoms with Crippen molar-refractivity contribution >= 4 is 17.4 Å². The molecule has 3 aromatic carbocycles. The third-order valence-corrected chi connectivity index (χ3v) is 5.64. The first-order valence-corrected chi connectivity index (χ1v) is 9.79. The number of hydrogen-bond donors (Lipinski definition) is 1. The summed E-state index contributed by atoms with van der Waals surface area (Å²) in [5.74, 6) is -1.36. The van der Waals surface area contributed by atoms with Crippen molar-refractivity contribution in [2.75, 3.05) is 4.90 Å². The van der Waals surface area contributed by atoms with Gasteiger partial charge in [0.1, 0.15) is 5.82 Å². The Balaban J connectivity index is 1.71. The summed E-state index contributed by atoms with van der Waals surface area (Å²) in [6, 6.07) is 18.5. The Morgan fingerprint density at radius 1 is 1.03 bits per heavy atom. The molecule has 1 heterocycles. The van der Waals surface area contributed by atoms with Gasteiger partial charge in [-0.25, -0.2) is 4.39 Å². The zero-order valence-electron chi connectivity index (χ0n) is 16.9. The topological polar surface area (TPSA) is 57.6 Å². The average molecular weight is 403 g/mol. The van der Waals surface area contributed by atoms with Gasteiger partial charge in [0.25, 0.3) is 5.91 Å². The Morgan fingerprint density at radius 3 is 2.50 bits per heavy atom. The van der Waals surface area contributed by atoms with Gasteiger partial charge in [-0.15, -0.1) is 0 Å². The summed E-state index contributed by atoms with van der Waals surface area (Å²) in [6.07, 6.45) is -0.374. The molecule has 1 aliphatic heterocycles. The van der Waals surface area contributed by atoms with Gasteiger partial charge in [0.15, 0.2) is 11.4 Å². The van der Waals surface area contributed by atoms with Crippen LogP contribution < -0.4 is 4.90 Å². The van der Waals surface area contributed by atoms with Crippen LogP contribution in [0.2, 0.25) is 0 Å². The average Bonchev–Trinajstić information content (AvgIpc) is 2.93. The minimum absolute atomic E-state index is 0.0253. The number of fused-ring (bicyclic) bond motifs is 1. The van der Waals surface area contributed by atoms with Crippen LogP contribution in [0, 0.1) is 19.7 Å². The number of nitrogens with zero attached hydrogens (tertiary/aromatic N) is 1. The van der Waals surface area contributed by atoms with Gasteiger partial charge in [0, 0.05) is 16.7 Å². The molecule has 152 valence electrons. The Labute approximate surface area is 174 Å². The molecule has 1 atom stereocenters. The molecule has 3 aromatic rings.